The van der Waals surface area contributed by atoms with E-state index in [1.807, 2.05) is 48.5 Å². The molecule has 0 aliphatic carbocycles. The Bertz CT molecular complexity index is 865. The fourth-order valence-electron chi connectivity index (χ4n) is 2.66. The smallest absolute Gasteiger partial charge is 0.0440 e. The number of rotatable bonds is 3. The summed E-state index contributed by atoms with van der Waals surface area (Å²) in [7, 11) is 0. The van der Waals surface area contributed by atoms with E-state index in [9.17, 15) is 0 Å². The molecule has 0 nitrogen and oxygen atoms in total. The van der Waals surface area contributed by atoms with Crippen molar-refractivity contribution in [3.63, 3.8) is 0 Å². The van der Waals surface area contributed by atoms with Crippen molar-refractivity contribution in [2.75, 3.05) is 0 Å². The zero-order chi connectivity index (χ0) is 22.7. The largest absolute Gasteiger partial charge is 0.0843 e. The summed E-state index contributed by atoms with van der Waals surface area (Å²) in [5.74, 6) is 1.68. The van der Waals surface area contributed by atoms with Crippen LogP contribution in [0.2, 0.25) is 15.1 Å². The maximum atomic E-state index is 5.92. The van der Waals surface area contributed by atoms with Crippen LogP contribution in [0.1, 0.15) is 76.0 Å². The molecule has 3 heteroatoms. The Morgan fingerprint density at radius 1 is 0.500 bits per heavy atom. The lowest BCUT2D eigenvalue weighted by Crippen LogP contribution is -1.86. The van der Waals surface area contributed by atoms with E-state index >= 15 is 0 Å². The quantitative estimate of drug-likeness (QED) is 0.362. The van der Waals surface area contributed by atoms with Gasteiger partial charge in [-0.15, -0.1) is 0 Å². The van der Waals surface area contributed by atoms with E-state index in [0.717, 1.165) is 15.1 Å². The first kappa shape index (κ1) is 26.6. The molecule has 3 aromatic rings. The van der Waals surface area contributed by atoms with E-state index < -0.39 is 0 Å². The highest BCUT2D eigenvalue weighted by atomic mass is 35.5. The molecule has 30 heavy (non-hydrogen) atoms. The second-order valence-corrected chi connectivity index (χ2v) is 9.37. The van der Waals surface area contributed by atoms with E-state index in [1.165, 1.54) is 16.7 Å². The van der Waals surface area contributed by atoms with Gasteiger partial charge in [0.15, 0.2) is 0 Å². The molecule has 3 rings (SSSR count). The molecule has 0 unspecified atom stereocenters. The average Bonchev–Trinajstić information content (AvgIpc) is 2.69. The topological polar surface area (TPSA) is 0 Å². The number of hydrogen-bond donors (Lipinski definition) is 0. The lowest BCUT2D eigenvalue weighted by molar-refractivity contribution is 0.867. The van der Waals surface area contributed by atoms with Crippen LogP contribution in [-0.4, -0.2) is 0 Å². The maximum absolute atomic E-state index is 5.92. The summed E-state index contributed by atoms with van der Waals surface area (Å²) in [5, 5.41) is 2.51. The van der Waals surface area contributed by atoms with E-state index in [4.69, 9.17) is 34.8 Å². The fraction of sp³-hybridized carbons (Fsp3) is 0.333. The SMILES string of the molecule is CC(C)c1ccc(Cl)cc1.CC(C)c1cccc(Cl)c1.CC(C)c1ccccc1Cl. The van der Waals surface area contributed by atoms with Gasteiger partial charge in [0.2, 0.25) is 0 Å². The van der Waals surface area contributed by atoms with E-state index in [1.54, 1.807) is 0 Å². The molecule has 0 fully saturated rings. The van der Waals surface area contributed by atoms with Crippen LogP contribution in [0.25, 0.3) is 0 Å². The van der Waals surface area contributed by atoms with Crippen molar-refractivity contribution in [2.24, 2.45) is 0 Å². The van der Waals surface area contributed by atoms with Crippen molar-refractivity contribution in [1.82, 2.24) is 0 Å². The molecule has 0 aliphatic rings. The van der Waals surface area contributed by atoms with Crippen LogP contribution in [0.5, 0.6) is 0 Å². The Hall–Kier alpha value is -1.47. The highest BCUT2D eigenvalue weighted by Crippen LogP contribution is 2.23. The monoisotopic (exact) mass is 462 g/mol. The minimum Gasteiger partial charge on any atom is -0.0843 e. The third-order valence-corrected chi connectivity index (χ3v) is 5.41. The molecule has 162 valence electrons. The van der Waals surface area contributed by atoms with E-state index in [0.29, 0.717) is 17.8 Å². The van der Waals surface area contributed by atoms with Gasteiger partial charge in [-0.1, -0.05) is 119 Å². The van der Waals surface area contributed by atoms with Crippen LogP contribution in [-0.2, 0) is 0 Å². The normalized spacial score (nSPS) is 10.4. The van der Waals surface area contributed by atoms with Gasteiger partial charge in [0.05, 0.1) is 0 Å². The van der Waals surface area contributed by atoms with Gasteiger partial charge in [0.25, 0.3) is 0 Å². The molecular formula is C27H33Cl3. The van der Waals surface area contributed by atoms with Crippen molar-refractivity contribution >= 4 is 34.8 Å². The lowest BCUT2D eigenvalue weighted by Gasteiger charge is -2.05. The van der Waals surface area contributed by atoms with Gasteiger partial charge in [-0.2, -0.15) is 0 Å². The first-order chi connectivity index (χ1) is 14.1. The number of halogens is 3. The first-order valence-electron chi connectivity index (χ1n) is 10.4. The molecule has 0 atom stereocenters. The Morgan fingerprint density at radius 2 is 1.07 bits per heavy atom. The van der Waals surface area contributed by atoms with Crippen molar-refractivity contribution in [3.05, 3.63) is 105 Å². The van der Waals surface area contributed by atoms with Crippen LogP contribution in [0.15, 0.2) is 72.8 Å². The van der Waals surface area contributed by atoms with Gasteiger partial charge in [-0.3, -0.25) is 0 Å². The highest BCUT2D eigenvalue weighted by Gasteiger charge is 2.01. The van der Waals surface area contributed by atoms with Crippen molar-refractivity contribution < 1.29 is 0 Å². The summed E-state index contributed by atoms with van der Waals surface area (Å²) in [4.78, 5) is 0. The molecule has 0 saturated carbocycles. The van der Waals surface area contributed by atoms with E-state index in [-0.39, 0.29) is 0 Å². The third-order valence-electron chi connectivity index (χ3n) is 4.58. The molecule has 0 saturated heterocycles. The molecule has 0 heterocycles. The second kappa shape index (κ2) is 13.8. The van der Waals surface area contributed by atoms with Crippen molar-refractivity contribution in [2.45, 2.75) is 59.3 Å². The molecule has 0 amide bonds. The van der Waals surface area contributed by atoms with Gasteiger partial charge in [0, 0.05) is 15.1 Å². The summed E-state index contributed by atoms with van der Waals surface area (Å²) in [6.45, 7) is 12.9. The van der Waals surface area contributed by atoms with Gasteiger partial charge in [-0.25, -0.2) is 0 Å². The van der Waals surface area contributed by atoms with Crippen LogP contribution < -0.4 is 0 Å². The molecule has 0 N–H and O–H groups in total. The maximum Gasteiger partial charge on any atom is 0.0440 e. The zero-order valence-electron chi connectivity index (χ0n) is 18.8. The summed E-state index contributed by atoms with van der Waals surface area (Å²) >= 11 is 17.4. The van der Waals surface area contributed by atoms with Crippen LogP contribution >= 0.6 is 34.8 Å². The van der Waals surface area contributed by atoms with Crippen LogP contribution in [0.4, 0.5) is 0 Å². The average molecular weight is 464 g/mol. The van der Waals surface area contributed by atoms with Crippen molar-refractivity contribution in [1.29, 1.82) is 0 Å². The Morgan fingerprint density at radius 3 is 1.47 bits per heavy atom. The molecule has 0 bridgehead atoms. The van der Waals surface area contributed by atoms with E-state index in [2.05, 4.69) is 65.8 Å². The Balaban J connectivity index is 0.000000225. The molecule has 3 aromatic carbocycles. The van der Waals surface area contributed by atoms with Gasteiger partial charge >= 0.3 is 0 Å². The number of hydrogen-bond acceptors (Lipinski definition) is 0. The van der Waals surface area contributed by atoms with Crippen LogP contribution in [0.3, 0.4) is 0 Å². The summed E-state index contributed by atoms with van der Waals surface area (Å²) in [5.41, 5.74) is 3.86. The highest BCUT2D eigenvalue weighted by molar-refractivity contribution is 6.31. The van der Waals surface area contributed by atoms with Gasteiger partial charge in [-0.05, 0) is 64.8 Å². The van der Waals surface area contributed by atoms with Crippen molar-refractivity contribution in [3.8, 4) is 0 Å². The third kappa shape index (κ3) is 10.0. The molecule has 0 aromatic heterocycles. The Labute approximate surface area is 198 Å². The molecular weight excluding hydrogens is 431 g/mol. The standard InChI is InChI=1S/3C9H11Cl/c1-7(2)8-3-5-9(10)6-4-8;1-7(2)8-4-3-5-9(10)6-8;1-7(2)8-5-3-4-6-9(8)10/h3*3-7H,1-2H3. The van der Waals surface area contributed by atoms with Gasteiger partial charge in [0.1, 0.15) is 0 Å². The molecule has 0 spiro atoms. The zero-order valence-corrected chi connectivity index (χ0v) is 21.1. The lowest BCUT2D eigenvalue weighted by atomic mass is 10.0. The minimum absolute atomic E-state index is 0.522. The van der Waals surface area contributed by atoms with Crippen LogP contribution in [0, 0.1) is 0 Å². The number of benzene rings is 3. The summed E-state index contributed by atoms with van der Waals surface area (Å²) < 4.78 is 0. The first-order valence-corrected chi connectivity index (χ1v) is 11.5. The Kier molecular flexibility index (Phi) is 12.2. The summed E-state index contributed by atoms with van der Waals surface area (Å²) in [6.07, 6.45) is 0. The predicted octanol–water partition coefficient (Wildman–Crippen LogP) is 10.4. The summed E-state index contributed by atoms with van der Waals surface area (Å²) in [6, 6.07) is 23.9. The fourth-order valence-corrected chi connectivity index (χ4v) is 3.34. The molecule has 0 aliphatic heterocycles. The minimum atomic E-state index is 0.522. The molecule has 0 radical (unpaired) electrons. The second-order valence-electron chi connectivity index (χ2n) is 8.09. The van der Waals surface area contributed by atoms with Gasteiger partial charge < -0.3 is 0 Å². The predicted molar refractivity (Wildman–Crippen MR) is 137 cm³/mol.